The molecule has 0 spiro atoms. The molecule has 2 aromatic rings. The van der Waals surface area contributed by atoms with Gasteiger partial charge in [0, 0.05) is 11.6 Å². The molecule has 1 N–H and O–H groups in total. The maximum Gasteiger partial charge on any atom is 0.165 e. The zero-order valence-electron chi connectivity index (χ0n) is 10.5. The smallest absolute Gasteiger partial charge is 0.165 e. The van der Waals surface area contributed by atoms with Gasteiger partial charge in [-0.25, -0.2) is 13.8 Å². The van der Waals surface area contributed by atoms with Gasteiger partial charge in [-0.3, -0.25) is 0 Å². The maximum absolute atomic E-state index is 13.9. The van der Waals surface area contributed by atoms with Crippen LogP contribution >= 0.6 is 0 Å². The lowest BCUT2D eigenvalue weighted by Gasteiger charge is -2.15. The SMILES string of the molecule is Cc1ccc(C(O)c2cncn2C2CC2)c(F)c1F. The Kier molecular flexibility index (Phi) is 2.86. The van der Waals surface area contributed by atoms with E-state index in [1.54, 1.807) is 6.33 Å². The van der Waals surface area contributed by atoms with Crippen molar-refractivity contribution in [3.05, 3.63) is 53.1 Å². The second-order valence-electron chi connectivity index (χ2n) is 4.96. The van der Waals surface area contributed by atoms with Crippen LogP contribution in [-0.2, 0) is 0 Å². The maximum atomic E-state index is 13.9. The number of halogens is 2. The van der Waals surface area contributed by atoms with E-state index in [2.05, 4.69) is 4.98 Å². The highest BCUT2D eigenvalue weighted by molar-refractivity contribution is 5.31. The fraction of sp³-hybridized carbons (Fsp3) is 0.357. The molecule has 1 heterocycles. The van der Waals surface area contributed by atoms with E-state index >= 15 is 0 Å². The average molecular weight is 264 g/mol. The van der Waals surface area contributed by atoms with Gasteiger partial charge in [-0.1, -0.05) is 12.1 Å². The Morgan fingerprint density at radius 3 is 2.74 bits per heavy atom. The molecule has 0 aliphatic heterocycles. The fourth-order valence-electron chi connectivity index (χ4n) is 2.22. The Hall–Kier alpha value is -1.75. The number of aliphatic hydroxyl groups is 1. The Balaban J connectivity index is 2.02. The first-order valence-corrected chi connectivity index (χ1v) is 6.24. The second kappa shape index (κ2) is 4.42. The first kappa shape index (κ1) is 12.3. The second-order valence-corrected chi connectivity index (χ2v) is 4.96. The summed E-state index contributed by atoms with van der Waals surface area (Å²) in [6, 6.07) is 3.21. The van der Waals surface area contributed by atoms with E-state index in [-0.39, 0.29) is 11.1 Å². The van der Waals surface area contributed by atoms with Crippen LogP contribution in [0, 0.1) is 18.6 Å². The van der Waals surface area contributed by atoms with Crippen LogP contribution in [0.3, 0.4) is 0 Å². The van der Waals surface area contributed by atoms with Crippen LogP contribution in [0.15, 0.2) is 24.7 Å². The van der Waals surface area contributed by atoms with E-state index < -0.39 is 17.7 Å². The van der Waals surface area contributed by atoms with Crippen LogP contribution in [0.1, 0.15) is 41.8 Å². The Morgan fingerprint density at radius 2 is 2.05 bits per heavy atom. The molecule has 0 radical (unpaired) electrons. The van der Waals surface area contributed by atoms with Gasteiger partial charge in [0.05, 0.1) is 18.2 Å². The average Bonchev–Trinajstić information content (AvgIpc) is 3.13. The van der Waals surface area contributed by atoms with Gasteiger partial charge >= 0.3 is 0 Å². The molecule has 1 saturated carbocycles. The monoisotopic (exact) mass is 264 g/mol. The van der Waals surface area contributed by atoms with Gasteiger partial charge in [0.25, 0.3) is 0 Å². The molecule has 1 unspecified atom stereocenters. The molecule has 19 heavy (non-hydrogen) atoms. The zero-order valence-corrected chi connectivity index (χ0v) is 10.5. The minimum atomic E-state index is -1.20. The number of hydrogen-bond donors (Lipinski definition) is 1. The number of hydrogen-bond acceptors (Lipinski definition) is 2. The lowest BCUT2D eigenvalue weighted by atomic mass is 10.0. The van der Waals surface area contributed by atoms with Crippen LogP contribution < -0.4 is 0 Å². The lowest BCUT2D eigenvalue weighted by molar-refractivity contribution is 0.203. The predicted molar refractivity (Wildman–Crippen MR) is 65.7 cm³/mol. The van der Waals surface area contributed by atoms with Gasteiger partial charge in [-0.05, 0) is 25.3 Å². The van der Waals surface area contributed by atoms with E-state index in [9.17, 15) is 13.9 Å². The summed E-state index contributed by atoms with van der Waals surface area (Å²) in [4.78, 5) is 3.99. The fourth-order valence-corrected chi connectivity index (χ4v) is 2.22. The quantitative estimate of drug-likeness (QED) is 0.925. The molecule has 1 atom stereocenters. The van der Waals surface area contributed by atoms with E-state index in [1.807, 2.05) is 4.57 Å². The molecule has 1 aliphatic carbocycles. The molecule has 0 bridgehead atoms. The molecule has 5 heteroatoms. The number of nitrogens with zero attached hydrogens (tertiary/aromatic N) is 2. The summed E-state index contributed by atoms with van der Waals surface area (Å²) in [5.41, 5.74) is 0.680. The summed E-state index contributed by atoms with van der Waals surface area (Å²) < 4.78 is 29.3. The van der Waals surface area contributed by atoms with Gasteiger partial charge < -0.3 is 9.67 Å². The van der Waals surface area contributed by atoms with Crippen LogP contribution in [0.25, 0.3) is 0 Å². The van der Waals surface area contributed by atoms with Gasteiger partial charge in [0.15, 0.2) is 11.6 Å². The highest BCUT2D eigenvalue weighted by Crippen LogP contribution is 2.38. The highest BCUT2D eigenvalue weighted by atomic mass is 19.2. The molecule has 3 nitrogen and oxygen atoms in total. The van der Waals surface area contributed by atoms with E-state index in [0.29, 0.717) is 11.7 Å². The first-order valence-electron chi connectivity index (χ1n) is 6.24. The largest absolute Gasteiger partial charge is 0.382 e. The summed E-state index contributed by atoms with van der Waals surface area (Å²) in [5.74, 6) is -1.90. The summed E-state index contributed by atoms with van der Waals surface area (Å²) >= 11 is 0. The molecule has 1 aliphatic rings. The van der Waals surface area contributed by atoms with E-state index in [4.69, 9.17) is 0 Å². The molecular formula is C14H14F2N2O. The van der Waals surface area contributed by atoms with Gasteiger partial charge in [0.1, 0.15) is 6.10 Å². The van der Waals surface area contributed by atoms with Gasteiger partial charge in [-0.15, -0.1) is 0 Å². The van der Waals surface area contributed by atoms with E-state index in [0.717, 1.165) is 12.8 Å². The van der Waals surface area contributed by atoms with Crippen molar-refractivity contribution in [1.82, 2.24) is 9.55 Å². The lowest BCUT2D eigenvalue weighted by Crippen LogP contribution is -2.10. The van der Waals surface area contributed by atoms with Crippen LogP contribution in [0.5, 0.6) is 0 Å². The molecule has 0 amide bonds. The van der Waals surface area contributed by atoms with Gasteiger partial charge in [0.2, 0.25) is 0 Å². The molecule has 1 aromatic heterocycles. The van der Waals surface area contributed by atoms with Crippen molar-refractivity contribution in [2.24, 2.45) is 0 Å². The highest BCUT2D eigenvalue weighted by Gasteiger charge is 2.29. The molecule has 100 valence electrons. The van der Waals surface area contributed by atoms with Crippen molar-refractivity contribution in [3.63, 3.8) is 0 Å². The zero-order chi connectivity index (χ0) is 13.6. The molecular weight excluding hydrogens is 250 g/mol. The number of aliphatic hydroxyl groups excluding tert-OH is 1. The van der Waals surface area contributed by atoms with Gasteiger partial charge in [-0.2, -0.15) is 0 Å². The summed E-state index contributed by atoms with van der Waals surface area (Å²) in [6.07, 6.45) is 3.98. The Bertz CT molecular complexity index is 620. The first-order chi connectivity index (χ1) is 9.09. The Labute approximate surface area is 109 Å². The van der Waals surface area contributed by atoms with Crippen molar-refractivity contribution < 1.29 is 13.9 Å². The number of aromatic nitrogens is 2. The molecule has 1 fully saturated rings. The van der Waals surface area contributed by atoms with Crippen LogP contribution in [0.2, 0.25) is 0 Å². The van der Waals surface area contributed by atoms with E-state index in [1.165, 1.54) is 25.3 Å². The molecule has 1 aromatic carbocycles. The topological polar surface area (TPSA) is 38.1 Å². The van der Waals surface area contributed by atoms with Crippen molar-refractivity contribution in [1.29, 1.82) is 0 Å². The molecule has 3 rings (SSSR count). The number of benzene rings is 1. The summed E-state index contributed by atoms with van der Waals surface area (Å²) in [6.45, 7) is 1.49. The standard InChI is InChI=1S/C14H14F2N2O/c1-8-2-5-10(13(16)12(8)15)14(19)11-6-17-7-18(11)9-3-4-9/h2,5-7,9,14,19H,3-4H2,1H3. The Morgan fingerprint density at radius 1 is 1.32 bits per heavy atom. The summed E-state index contributed by atoms with van der Waals surface area (Å²) in [5, 5.41) is 10.3. The van der Waals surface area contributed by atoms with Crippen molar-refractivity contribution >= 4 is 0 Å². The number of imidazole rings is 1. The van der Waals surface area contributed by atoms with Crippen molar-refractivity contribution in [3.8, 4) is 0 Å². The third-order valence-electron chi connectivity index (χ3n) is 3.52. The normalized spacial score (nSPS) is 16.6. The third-order valence-corrected chi connectivity index (χ3v) is 3.52. The van der Waals surface area contributed by atoms with Crippen molar-refractivity contribution in [2.75, 3.05) is 0 Å². The third kappa shape index (κ3) is 2.04. The van der Waals surface area contributed by atoms with Crippen molar-refractivity contribution in [2.45, 2.75) is 31.9 Å². The van der Waals surface area contributed by atoms with Crippen LogP contribution in [-0.4, -0.2) is 14.7 Å². The minimum Gasteiger partial charge on any atom is -0.382 e. The number of rotatable bonds is 3. The van der Waals surface area contributed by atoms with Crippen LogP contribution in [0.4, 0.5) is 8.78 Å². The molecule has 0 saturated heterocycles. The predicted octanol–water partition coefficient (Wildman–Crippen LogP) is 2.89. The minimum absolute atomic E-state index is 0.0505. The number of aryl methyl sites for hydroxylation is 1. The summed E-state index contributed by atoms with van der Waals surface area (Å²) in [7, 11) is 0.